The molecule has 0 aliphatic carbocycles. The second-order valence-corrected chi connectivity index (χ2v) is 6.37. The molecule has 22 heavy (non-hydrogen) atoms. The van der Waals surface area contributed by atoms with Crippen LogP contribution >= 0.6 is 11.3 Å². The van der Waals surface area contributed by atoms with Gasteiger partial charge in [-0.1, -0.05) is 6.07 Å². The summed E-state index contributed by atoms with van der Waals surface area (Å²) in [6, 6.07) is 6.10. The smallest absolute Gasteiger partial charge is 0.227 e. The minimum Gasteiger partial charge on any atom is -0.379 e. The SMILES string of the molecule is CO[C@@H]1CCN(C(=O)Cc2ccsc2)[C@H]1Cc1cccnc1. The third kappa shape index (κ3) is 3.36. The highest BCUT2D eigenvalue weighted by atomic mass is 32.1. The van der Waals surface area contributed by atoms with E-state index in [1.165, 1.54) is 0 Å². The Balaban J connectivity index is 1.72. The highest BCUT2D eigenvalue weighted by Gasteiger charge is 2.36. The first-order valence-corrected chi connectivity index (χ1v) is 8.44. The zero-order valence-electron chi connectivity index (χ0n) is 12.6. The number of hydrogen-bond donors (Lipinski definition) is 0. The number of ether oxygens (including phenoxy) is 1. The van der Waals surface area contributed by atoms with Crippen molar-refractivity contribution in [3.63, 3.8) is 0 Å². The topological polar surface area (TPSA) is 42.4 Å². The molecule has 1 fully saturated rings. The minimum atomic E-state index is 0.0975. The van der Waals surface area contributed by atoms with Crippen LogP contribution in [0.4, 0.5) is 0 Å². The van der Waals surface area contributed by atoms with Gasteiger partial charge in [-0.3, -0.25) is 9.78 Å². The van der Waals surface area contributed by atoms with Crippen LogP contribution in [0.15, 0.2) is 41.4 Å². The predicted molar refractivity (Wildman–Crippen MR) is 86.9 cm³/mol. The average Bonchev–Trinajstić information content (AvgIpc) is 3.18. The molecule has 4 nitrogen and oxygen atoms in total. The fourth-order valence-electron chi connectivity index (χ4n) is 3.08. The van der Waals surface area contributed by atoms with Gasteiger partial charge in [-0.05, 0) is 46.9 Å². The molecule has 1 saturated heterocycles. The molecule has 0 unspecified atom stereocenters. The van der Waals surface area contributed by atoms with Gasteiger partial charge in [0.05, 0.1) is 18.6 Å². The van der Waals surface area contributed by atoms with Gasteiger partial charge in [0.1, 0.15) is 0 Å². The highest BCUT2D eigenvalue weighted by molar-refractivity contribution is 7.07. The molecule has 0 spiro atoms. The Hall–Kier alpha value is -1.72. The largest absolute Gasteiger partial charge is 0.379 e. The number of nitrogens with zero attached hydrogens (tertiary/aromatic N) is 2. The van der Waals surface area contributed by atoms with Crippen LogP contribution in [0.2, 0.25) is 0 Å². The van der Waals surface area contributed by atoms with E-state index < -0.39 is 0 Å². The van der Waals surface area contributed by atoms with Gasteiger partial charge < -0.3 is 9.64 Å². The normalized spacial score (nSPS) is 21.2. The number of hydrogen-bond acceptors (Lipinski definition) is 4. The van der Waals surface area contributed by atoms with Gasteiger partial charge in [-0.2, -0.15) is 11.3 Å². The molecule has 2 aromatic heterocycles. The molecule has 1 amide bonds. The van der Waals surface area contributed by atoms with Crippen LogP contribution in [-0.4, -0.2) is 41.6 Å². The first kappa shape index (κ1) is 15.2. The summed E-state index contributed by atoms with van der Waals surface area (Å²) in [6.45, 7) is 0.770. The van der Waals surface area contributed by atoms with Crippen LogP contribution in [0.1, 0.15) is 17.5 Å². The number of carbonyl (C=O) groups excluding carboxylic acids is 1. The summed E-state index contributed by atoms with van der Waals surface area (Å²) >= 11 is 1.63. The zero-order valence-corrected chi connectivity index (χ0v) is 13.5. The molecule has 0 bridgehead atoms. The van der Waals surface area contributed by atoms with Crippen molar-refractivity contribution in [3.8, 4) is 0 Å². The standard InChI is InChI=1S/C17H20N2O2S/c1-21-16-4-7-19(17(20)10-14-5-8-22-12-14)15(16)9-13-3-2-6-18-11-13/h2-3,5-6,8,11-12,15-16H,4,7,9-10H2,1H3/t15-,16+/m0/s1. The summed E-state index contributed by atoms with van der Waals surface area (Å²) in [4.78, 5) is 18.8. The van der Waals surface area contributed by atoms with Gasteiger partial charge >= 0.3 is 0 Å². The van der Waals surface area contributed by atoms with Crippen molar-refractivity contribution in [2.45, 2.75) is 31.4 Å². The quantitative estimate of drug-likeness (QED) is 0.851. The maximum Gasteiger partial charge on any atom is 0.227 e. The first-order chi connectivity index (χ1) is 10.8. The number of carbonyl (C=O) groups is 1. The number of rotatable bonds is 5. The van der Waals surface area contributed by atoms with Crippen molar-refractivity contribution >= 4 is 17.2 Å². The predicted octanol–water partition coefficient (Wildman–Crippen LogP) is 2.54. The van der Waals surface area contributed by atoms with E-state index in [1.807, 2.05) is 34.0 Å². The number of methoxy groups -OCH3 is 1. The van der Waals surface area contributed by atoms with Gasteiger partial charge in [0.2, 0.25) is 5.91 Å². The number of thiophene rings is 1. The summed E-state index contributed by atoms with van der Waals surface area (Å²) < 4.78 is 5.60. The van der Waals surface area contributed by atoms with E-state index in [0.717, 1.165) is 30.5 Å². The fourth-order valence-corrected chi connectivity index (χ4v) is 3.75. The number of amides is 1. The van der Waals surface area contributed by atoms with Gasteiger partial charge in [-0.25, -0.2) is 0 Å². The van der Waals surface area contributed by atoms with Crippen LogP contribution in [0, 0.1) is 0 Å². The maximum atomic E-state index is 12.6. The number of likely N-dealkylation sites (tertiary alicyclic amines) is 1. The van der Waals surface area contributed by atoms with E-state index in [0.29, 0.717) is 6.42 Å². The van der Waals surface area contributed by atoms with Gasteiger partial charge in [-0.15, -0.1) is 0 Å². The maximum absolute atomic E-state index is 12.6. The van der Waals surface area contributed by atoms with E-state index in [-0.39, 0.29) is 18.1 Å². The molecule has 0 aromatic carbocycles. The Bertz CT molecular complexity index is 600. The lowest BCUT2D eigenvalue weighted by Crippen LogP contribution is -2.42. The van der Waals surface area contributed by atoms with E-state index >= 15 is 0 Å². The molecule has 1 aliphatic heterocycles. The fraction of sp³-hybridized carbons (Fsp3) is 0.412. The molecule has 0 saturated carbocycles. The lowest BCUT2D eigenvalue weighted by Gasteiger charge is -2.27. The van der Waals surface area contributed by atoms with Crippen LogP contribution in [0.25, 0.3) is 0 Å². The molecule has 116 valence electrons. The molecular formula is C17H20N2O2S. The second kappa shape index (κ2) is 7.03. The van der Waals surface area contributed by atoms with Crippen LogP contribution in [0.5, 0.6) is 0 Å². The van der Waals surface area contributed by atoms with Crippen molar-refractivity contribution in [2.75, 3.05) is 13.7 Å². The first-order valence-electron chi connectivity index (χ1n) is 7.50. The highest BCUT2D eigenvalue weighted by Crippen LogP contribution is 2.25. The Morgan fingerprint density at radius 2 is 2.36 bits per heavy atom. The van der Waals surface area contributed by atoms with E-state index in [9.17, 15) is 4.79 Å². The van der Waals surface area contributed by atoms with Crippen molar-refractivity contribution in [1.29, 1.82) is 0 Å². The van der Waals surface area contributed by atoms with Crippen molar-refractivity contribution in [2.24, 2.45) is 0 Å². The summed E-state index contributed by atoms with van der Waals surface area (Å²) in [5, 5.41) is 4.05. The van der Waals surface area contributed by atoms with E-state index in [4.69, 9.17) is 4.74 Å². The van der Waals surface area contributed by atoms with Crippen molar-refractivity contribution < 1.29 is 9.53 Å². The molecule has 3 heterocycles. The van der Waals surface area contributed by atoms with Gasteiger partial charge in [0, 0.05) is 26.0 Å². The molecule has 0 radical (unpaired) electrons. The average molecular weight is 316 g/mol. The number of pyridine rings is 1. The van der Waals surface area contributed by atoms with Crippen LogP contribution in [-0.2, 0) is 22.4 Å². The number of aromatic nitrogens is 1. The van der Waals surface area contributed by atoms with Crippen molar-refractivity contribution in [3.05, 3.63) is 52.5 Å². The molecule has 0 N–H and O–H groups in total. The molecule has 2 atom stereocenters. The molecule has 5 heteroatoms. The Morgan fingerprint density at radius 1 is 1.45 bits per heavy atom. The Kier molecular flexibility index (Phi) is 4.85. The summed E-state index contributed by atoms with van der Waals surface area (Å²) in [6.07, 6.45) is 5.91. The summed E-state index contributed by atoms with van der Waals surface area (Å²) in [5.41, 5.74) is 2.24. The van der Waals surface area contributed by atoms with Gasteiger partial charge in [0.25, 0.3) is 0 Å². The summed E-state index contributed by atoms with van der Waals surface area (Å²) in [7, 11) is 1.73. The van der Waals surface area contributed by atoms with Crippen LogP contribution in [0.3, 0.4) is 0 Å². The molecule has 2 aromatic rings. The third-order valence-corrected chi connectivity index (χ3v) is 4.94. The van der Waals surface area contributed by atoms with Crippen molar-refractivity contribution in [1.82, 2.24) is 9.88 Å². The Labute approximate surface area is 134 Å². The van der Waals surface area contributed by atoms with E-state index in [1.54, 1.807) is 24.6 Å². The minimum absolute atomic E-state index is 0.0975. The van der Waals surface area contributed by atoms with E-state index in [2.05, 4.69) is 11.1 Å². The summed E-state index contributed by atoms with van der Waals surface area (Å²) in [5.74, 6) is 0.187. The lowest BCUT2D eigenvalue weighted by atomic mass is 10.0. The monoisotopic (exact) mass is 316 g/mol. The molecular weight excluding hydrogens is 296 g/mol. The molecule has 3 rings (SSSR count). The lowest BCUT2D eigenvalue weighted by molar-refractivity contribution is -0.132. The zero-order chi connectivity index (χ0) is 15.4. The van der Waals surface area contributed by atoms with Crippen LogP contribution < -0.4 is 0 Å². The molecule has 1 aliphatic rings. The third-order valence-electron chi connectivity index (χ3n) is 4.21. The Morgan fingerprint density at radius 3 is 3.05 bits per heavy atom. The second-order valence-electron chi connectivity index (χ2n) is 5.59. The van der Waals surface area contributed by atoms with Gasteiger partial charge in [0.15, 0.2) is 0 Å².